The number of pyridine rings is 1. The zero-order valence-corrected chi connectivity index (χ0v) is 19.3. The third kappa shape index (κ3) is 11.3. The lowest BCUT2D eigenvalue weighted by atomic mass is 10.1. The summed E-state index contributed by atoms with van der Waals surface area (Å²) in [6.07, 6.45) is 14.2. The van der Waals surface area contributed by atoms with Crippen LogP contribution in [0.1, 0.15) is 125 Å². The number of rotatable bonds is 17. The maximum absolute atomic E-state index is 12.5. The summed E-state index contributed by atoms with van der Waals surface area (Å²) in [5.41, 5.74) is 0.318. The molecule has 170 valence electrons. The first-order valence-electron chi connectivity index (χ1n) is 12.0. The van der Waals surface area contributed by atoms with Gasteiger partial charge in [-0.15, -0.1) is 0 Å². The number of unbranched alkanes of at least 4 members (excludes halogenated alkanes) is 8. The molecule has 0 saturated heterocycles. The van der Waals surface area contributed by atoms with Crippen LogP contribution in [0.15, 0.2) is 18.2 Å². The topological polar surface area (TPSA) is 65.5 Å². The molecule has 0 spiro atoms. The van der Waals surface area contributed by atoms with Crippen molar-refractivity contribution in [1.82, 2.24) is 4.98 Å². The number of ether oxygens (including phenoxy) is 2. The quantitative estimate of drug-likeness (QED) is 0.203. The second-order valence-corrected chi connectivity index (χ2v) is 7.98. The summed E-state index contributed by atoms with van der Waals surface area (Å²) in [4.78, 5) is 28.9. The second-order valence-electron chi connectivity index (χ2n) is 7.98. The van der Waals surface area contributed by atoms with Crippen LogP contribution >= 0.6 is 0 Å². The number of aromatic nitrogens is 1. The Morgan fingerprint density at radius 1 is 0.767 bits per heavy atom. The molecule has 30 heavy (non-hydrogen) atoms. The summed E-state index contributed by atoms with van der Waals surface area (Å²) in [6.45, 7) is 6.81. The van der Waals surface area contributed by atoms with E-state index < -0.39 is 11.9 Å². The fourth-order valence-electron chi connectivity index (χ4n) is 3.36. The molecule has 1 atom stereocenters. The highest BCUT2D eigenvalue weighted by Crippen LogP contribution is 2.14. The van der Waals surface area contributed by atoms with Crippen LogP contribution in [-0.2, 0) is 9.47 Å². The van der Waals surface area contributed by atoms with E-state index in [2.05, 4.69) is 25.8 Å². The highest BCUT2D eigenvalue weighted by molar-refractivity contribution is 5.91. The Kier molecular flexibility index (Phi) is 14.7. The highest BCUT2D eigenvalue weighted by atomic mass is 16.5. The summed E-state index contributed by atoms with van der Waals surface area (Å²) in [5.74, 6) is -0.953. The predicted octanol–water partition coefficient (Wildman–Crippen LogP) is 6.89. The van der Waals surface area contributed by atoms with Crippen LogP contribution in [0, 0.1) is 0 Å². The average molecular weight is 420 g/mol. The van der Waals surface area contributed by atoms with Crippen molar-refractivity contribution in [3.05, 3.63) is 29.6 Å². The van der Waals surface area contributed by atoms with E-state index in [1.807, 2.05) is 0 Å². The molecule has 0 radical (unpaired) electrons. The monoisotopic (exact) mass is 419 g/mol. The fraction of sp³-hybridized carbons (Fsp3) is 0.720. The summed E-state index contributed by atoms with van der Waals surface area (Å²) >= 11 is 0. The molecule has 0 aliphatic rings. The SMILES string of the molecule is CCCCCCCCCCOC(=O)c1cccc(C(=O)OC(CCC)CCCC)n1. The lowest BCUT2D eigenvalue weighted by Crippen LogP contribution is -2.20. The smallest absolute Gasteiger partial charge is 0.357 e. The molecular weight excluding hydrogens is 378 g/mol. The van der Waals surface area contributed by atoms with Gasteiger partial charge < -0.3 is 9.47 Å². The van der Waals surface area contributed by atoms with Gasteiger partial charge in [0, 0.05) is 0 Å². The minimum Gasteiger partial charge on any atom is -0.461 e. The average Bonchev–Trinajstić information content (AvgIpc) is 2.76. The molecule has 0 bridgehead atoms. The lowest BCUT2D eigenvalue weighted by Gasteiger charge is -2.16. The van der Waals surface area contributed by atoms with E-state index in [0.29, 0.717) is 6.61 Å². The molecule has 1 aromatic heterocycles. The molecule has 5 heteroatoms. The molecule has 1 rings (SSSR count). The van der Waals surface area contributed by atoms with Gasteiger partial charge in [0.2, 0.25) is 0 Å². The molecule has 0 saturated carbocycles. The van der Waals surface area contributed by atoms with Gasteiger partial charge in [-0.25, -0.2) is 14.6 Å². The molecule has 0 aliphatic heterocycles. The largest absolute Gasteiger partial charge is 0.461 e. The lowest BCUT2D eigenvalue weighted by molar-refractivity contribution is 0.0247. The van der Waals surface area contributed by atoms with E-state index in [0.717, 1.165) is 44.9 Å². The van der Waals surface area contributed by atoms with Crippen LogP contribution in [0.5, 0.6) is 0 Å². The summed E-state index contributed by atoms with van der Waals surface area (Å²) in [5, 5.41) is 0. The van der Waals surface area contributed by atoms with Gasteiger partial charge in [0.05, 0.1) is 6.61 Å². The Labute approximate surface area is 183 Å². The molecule has 0 fully saturated rings. The maximum Gasteiger partial charge on any atom is 0.357 e. The minimum atomic E-state index is -0.483. The maximum atomic E-state index is 12.5. The van der Waals surface area contributed by atoms with Crippen LogP contribution in [0.2, 0.25) is 0 Å². The van der Waals surface area contributed by atoms with Gasteiger partial charge >= 0.3 is 11.9 Å². The van der Waals surface area contributed by atoms with Crippen molar-refractivity contribution in [1.29, 1.82) is 0 Å². The molecule has 1 aromatic rings. The van der Waals surface area contributed by atoms with E-state index >= 15 is 0 Å². The van der Waals surface area contributed by atoms with Crippen molar-refractivity contribution in [2.75, 3.05) is 6.61 Å². The van der Waals surface area contributed by atoms with E-state index in [9.17, 15) is 9.59 Å². The number of carbonyl (C=O) groups is 2. The standard InChI is InChI=1S/C25H41NO4/c1-4-7-9-10-11-12-13-14-20-29-24(27)22-18-15-19-23(26-22)25(28)30-21(16-6-3)17-8-5-2/h15,18-19,21H,4-14,16-17,20H2,1-3H3. The van der Waals surface area contributed by atoms with Gasteiger partial charge in [-0.3, -0.25) is 0 Å². The van der Waals surface area contributed by atoms with Gasteiger partial charge in [0.15, 0.2) is 0 Å². The van der Waals surface area contributed by atoms with Crippen molar-refractivity contribution in [2.24, 2.45) is 0 Å². The predicted molar refractivity (Wildman–Crippen MR) is 121 cm³/mol. The Bertz CT molecular complexity index is 603. The van der Waals surface area contributed by atoms with Gasteiger partial charge in [-0.05, 0) is 31.4 Å². The molecule has 1 unspecified atom stereocenters. The van der Waals surface area contributed by atoms with E-state index in [4.69, 9.17) is 9.47 Å². The molecule has 1 heterocycles. The zero-order valence-electron chi connectivity index (χ0n) is 19.3. The van der Waals surface area contributed by atoms with E-state index in [-0.39, 0.29) is 17.5 Å². The Morgan fingerprint density at radius 3 is 2.00 bits per heavy atom. The molecule has 0 amide bonds. The van der Waals surface area contributed by atoms with Crippen LogP contribution in [0.25, 0.3) is 0 Å². The number of esters is 2. The van der Waals surface area contributed by atoms with Gasteiger partial charge in [0.1, 0.15) is 17.5 Å². The third-order valence-corrected chi connectivity index (χ3v) is 5.16. The highest BCUT2D eigenvalue weighted by Gasteiger charge is 2.18. The van der Waals surface area contributed by atoms with Gasteiger partial charge in [-0.2, -0.15) is 0 Å². The van der Waals surface area contributed by atoms with Crippen molar-refractivity contribution in [2.45, 2.75) is 110 Å². The van der Waals surface area contributed by atoms with Gasteiger partial charge in [0.25, 0.3) is 0 Å². The van der Waals surface area contributed by atoms with Crippen molar-refractivity contribution >= 4 is 11.9 Å². The van der Waals surface area contributed by atoms with Crippen molar-refractivity contribution in [3.8, 4) is 0 Å². The van der Waals surface area contributed by atoms with Crippen molar-refractivity contribution < 1.29 is 19.1 Å². The molecular formula is C25H41NO4. The van der Waals surface area contributed by atoms with E-state index in [1.54, 1.807) is 18.2 Å². The molecule has 0 N–H and O–H groups in total. The van der Waals surface area contributed by atoms with Crippen LogP contribution in [-0.4, -0.2) is 29.6 Å². The minimum absolute atomic E-state index is 0.0955. The molecule has 0 aromatic carbocycles. The van der Waals surface area contributed by atoms with Crippen molar-refractivity contribution in [3.63, 3.8) is 0 Å². The first-order chi connectivity index (χ1) is 14.6. The normalized spacial score (nSPS) is 11.8. The van der Waals surface area contributed by atoms with E-state index in [1.165, 1.54) is 38.5 Å². The summed E-state index contributed by atoms with van der Waals surface area (Å²) < 4.78 is 10.9. The van der Waals surface area contributed by atoms with Crippen LogP contribution in [0.4, 0.5) is 0 Å². The Hall–Kier alpha value is -1.91. The number of carbonyl (C=O) groups excluding carboxylic acids is 2. The summed E-state index contributed by atoms with van der Waals surface area (Å²) in [7, 11) is 0. The second kappa shape index (κ2) is 16.8. The number of nitrogens with zero attached hydrogens (tertiary/aromatic N) is 1. The Balaban J connectivity index is 2.40. The first-order valence-corrected chi connectivity index (χ1v) is 12.0. The summed E-state index contributed by atoms with van der Waals surface area (Å²) in [6, 6.07) is 4.81. The number of hydrogen-bond acceptors (Lipinski definition) is 5. The van der Waals surface area contributed by atoms with Crippen LogP contribution in [0.3, 0.4) is 0 Å². The first kappa shape index (κ1) is 26.1. The molecule has 0 aliphatic carbocycles. The molecule has 5 nitrogen and oxygen atoms in total. The third-order valence-electron chi connectivity index (χ3n) is 5.16. The number of hydrogen-bond donors (Lipinski definition) is 0. The fourth-order valence-corrected chi connectivity index (χ4v) is 3.36. The zero-order chi connectivity index (χ0) is 22.0. The Morgan fingerprint density at radius 2 is 1.37 bits per heavy atom. The van der Waals surface area contributed by atoms with Gasteiger partial charge in [-0.1, -0.05) is 91.0 Å². The van der Waals surface area contributed by atoms with Crippen LogP contribution < -0.4 is 0 Å².